The maximum atomic E-state index is 13.1. The molecule has 1 atom stereocenters. The van der Waals surface area contributed by atoms with Crippen LogP contribution in [0.3, 0.4) is 0 Å². The summed E-state index contributed by atoms with van der Waals surface area (Å²) in [6, 6.07) is 4.70. The first-order valence-corrected chi connectivity index (χ1v) is 8.05. The van der Waals surface area contributed by atoms with Crippen molar-refractivity contribution < 1.29 is 13.2 Å². The summed E-state index contributed by atoms with van der Waals surface area (Å²) in [4.78, 5) is 0.565. The van der Waals surface area contributed by atoms with E-state index in [1.165, 1.54) is 12.1 Å². The van der Waals surface area contributed by atoms with E-state index in [9.17, 15) is 13.2 Å². The highest BCUT2D eigenvalue weighted by atomic mass is 79.9. The highest BCUT2D eigenvalue weighted by molar-refractivity contribution is 9.10. The van der Waals surface area contributed by atoms with E-state index in [0.717, 1.165) is 17.4 Å². The van der Waals surface area contributed by atoms with E-state index >= 15 is 0 Å². The molecule has 2 aromatic rings. The van der Waals surface area contributed by atoms with Gasteiger partial charge in [-0.2, -0.15) is 13.2 Å². The monoisotopic (exact) mass is 447 g/mol. The van der Waals surface area contributed by atoms with E-state index in [2.05, 4.69) is 31.9 Å². The molecule has 0 saturated carbocycles. The Bertz CT molecular complexity index is 623. The van der Waals surface area contributed by atoms with Gasteiger partial charge in [-0.3, -0.25) is 0 Å². The highest BCUT2D eigenvalue weighted by Gasteiger charge is 2.35. The molecule has 0 bridgehead atoms. The van der Waals surface area contributed by atoms with E-state index < -0.39 is 17.8 Å². The molecule has 8 heteroatoms. The summed E-state index contributed by atoms with van der Waals surface area (Å²) in [6.07, 6.45) is -4.46. The molecular weight excluding hydrogens is 442 g/mol. The number of thiophene rings is 1. The minimum atomic E-state index is -4.46. The van der Waals surface area contributed by atoms with Crippen molar-refractivity contribution in [2.24, 2.45) is 5.73 Å². The summed E-state index contributed by atoms with van der Waals surface area (Å²) in [6.45, 7) is 0. The number of alkyl halides is 3. The maximum Gasteiger partial charge on any atom is 0.416 e. The Morgan fingerprint density at radius 2 is 1.85 bits per heavy atom. The molecule has 2 rings (SSSR count). The third kappa shape index (κ3) is 3.39. The zero-order valence-corrected chi connectivity index (χ0v) is 14.4. The van der Waals surface area contributed by atoms with Crippen LogP contribution < -0.4 is 5.73 Å². The van der Waals surface area contributed by atoms with Crippen molar-refractivity contribution >= 4 is 54.8 Å². The normalized spacial score (nSPS) is 13.6. The highest BCUT2D eigenvalue weighted by Crippen LogP contribution is 2.41. The van der Waals surface area contributed by atoms with Gasteiger partial charge in [0.25, 0.3) is 0 Å². The number of halogens is 6. The van der Waals surface area contributed by atoms with Gasteiger partial charge in [-0.1, -0.05) is 33.6 Å². The van der Waals surface area contributed by atoms with Gasteiger partial charge in [-0.05, 0) is 39.7 Å². The SMILES string of the molecule is NC(c1cc(Br)c(Cl)s1)c1ccc(Br)cc1C(F)(F)F. The summed E-state index contributed by atoms with van der Waals surface area (Å²) in [7, 11) is 0. The standard InChI is InChI=1S/C12H7Br2ClF3NS/c13-5-1-2-6(7(3-5)12(16,17)18)10(19)9-4-8(14)11(15)20-9/h1-4,10H,19H2. The third-order valence-electron chi connectivity index (χ3n) is 2.63. The second kappa shape index (κ2) is 5.96. The predicted octanol–water partition coefficient (Wildman–Crippen LogP) is 5.99. The molecule has 2 N–H and O–H groups in total. The zero-order valence-electron chi connectivity index (χ0n) is 9.64. The molecular formula is C12H7Br2ClF3NS. The molecule has 1 nitrogen and oxygen atoms in total. The summed E-state index contributed by atoms with van der Waals surface area (Å²) >= 11 is 13.3. The van der Waals surface area contributed by atoms with Crippen LogP contribution in [0.4, 0.5) is 13.2 Å². The Kier molecular flexibility index (Phi) is 4.86. The molecule has 0 aliphatic rings. The van der Waals surface area contributed by atoms with Crippen LogP contribution in [0, 0.1) is 0 Å². The molecule has 1 heterocycles. The average molecular weight is 450 g/mol. The van der Waals surface area contributed by atoms with Crippen LogP contribution in [-0.2, 0) is 6.18 Å². The van der Waals surface area contributed by atoms with Crippen molar-refractivity contribution in [2.45, 2.75) is 12.2 Å². The summed E-state index contributed by atoms with van der Waals surface area (Å²) in [5.74, 6) is 0. The van der Waals surface area contributed by atoms with Crippen molar-refractivity contribution in [3.05, 3.63) is 53.6 Å². The fourth-order valence-corrected chi connectivity index (χ4v) is 3.83. The summed E-state index contributed by atoms with van der Waals surface area (Å²) in [5, 5.41) is 0. The lowest BCUT2D eigenvalue weighted by Crippen LogP contribution is -2.17. The van der Waals surface area contributed by atoms with E-state index in [1.807, 2.05) is 0 Å². The lowest BCUT2D eigenvalue weighted by molar-refractivity contribution is -0.138. The van der Waals surface area contributed by atoms with Crippen molar-refractivity contribution in [1.29, 1.82) is 0 Å². The Morgan fingerprint density at radius 3 is 2.35 bits per heavy atom. The zero-order chi connectivity index (χ0) is 15.1. The van der Waals surface area contributed by atoms with Crippen LogP contribution in [0.25, 0.3) is 0 Å². The molecule has 1 aromatic heterocycles. The van der Waals surface area contributed by atoms with Gasteiger partial charge in [0.15, 0.2) is 0 Å². The molecule has 108 valence electrons. The Morgan fingerprint density at radius 1 is 1.20 bits per heavy atom. The smallest absolute Gasteiger partial charge is 0.320 e. The van der Waals surface area contributed by atoms with E-state index in [0.29, 0.717) is 18.2 Å². The maximum absolute atomic E-state index is 13.1. The van der Waals surface area contributed by atoms with Crippen LogP contribution >= 0.6 is 54.8 Å². The van der Waals surface area contributed by atoms with Crippen LogP contribution in [0.1, 0.15) is 22.0 Å². The van der Waals surface area contributed by atoms with Crippen molar-refractivity contribution in [2.75, 3.05) is 0 Å². The van der Waals surface area contributed by atoms with E-state index in [1.54, 1.807) is 6.07 Å². The first kappa shape index (κ1) is 16.3. The van der Waals surface area contributed by atoms with Gasteiger partial charge in [0.05, 0.1) is 11.6 Å². The van der Waals surface area contributed by atoms with Crippen LogP contribution in [0.15, 0.2) is 33.2 Å². The number of rotatable bonds is 2. The van der Waals surface area contributed by atoms with Crippen LogP contribution in [0.2, 0.25) is 4.34 Å². The van der Waals surface area contributed by atoms with Crippen LogP contribution in [-0.4, -0.2) is 0 Å². The van der Waals surface area contributed by atoms with Gasteiger partial charge in [0, 0.05) is 13.8 Å². The number of hydrogen-bond donors (Lipinski definition) is 1. The molecule has 0 aliphatic heterocycles. The molecule has 1 aromatic carbocycles. The Hall–Kier alpha value is -0.0800. The van der Waals surface area contributed by atoms with Gasteiger partial charge in [-0.25, -0.2) is 0 Å². The topological polar surface area (TPSA) is 26.0 Å². The van der Waals surface area contributed by atoms with Crippen molar-refractivity contribution in [3.8, 4) is 0 Å². The number of hydrogen-bond acceptors (Lipinski definition) is 2. The lowest BCUT2D eigenvalue weighted by atomic mass is 9.99. The Balaban J connectivity index is 2.52. The minimum Gasteiger partial charge on any atom is -0.320 e. The largest absolute Gasteiger partial charge is 0.416 e. The fraction of sp³-hybridized carbons (Fsp3) is 0.167. The van der Waals surface area contributed by atoms with Crippen molar-refractivity contribution in [1.82, 2.24) is 0 Å². The van der Waals surface area contributed by atoms with Gasteiger partial charge in [0.2, 0.25) is 0 Å². The van der Waals surface area contributed by atoms with E-state index in [-0.39, 0.29) is 5.56 Å². The van der Waals surface area contributed by atoms with Crippen LogP contribution in [0.5, 0.6) is 0 Å². The van der Waals surface area contributed by atoms with Gasteiger partial charge >= 0.3 is 6.18 Å². The quantitative estimate of drug-likeness (QED) is 0.599. The van der Waals surface area contributed by atoms with Gasteiger partial charge in [-0.15, -0.1) is 11.3 Å². The molecule has 0 aliphatic carbocycles. The molecule has 0 fully saturated rings. The van der Waals surface area contributed by atoms with Crippen molar-refractivity contribution in [3.63, 3.8) is 0 Å². The molecule has 1 unspecified atom stereocenters. The second-order valence-electron chi connectivity index (χ2n) is 3.98. The third-order valence-corrected chi connectivity index (χ3v) is 5.68. The molecule has 20 heavy (non-hydrogen) atoms. The first-order chi connectivity index (χ1) is 9.20. The summed E-state index contributed by atoms with van der Waals surface area (Å²) < 4.78 is 40.7. The van der Waals surface area contributed by atoms with Gasteiger partial charge < -0.3 is 5.73 Å². The summed E-state index contributed by atoms with van der Waals surface area (Å²) in [5.41, 5.74) is 5.23. The molecule has 0 spiro atoms. The lowest BCUT2D eigenvalue weighted by Gasteiger charge is -2.17. The molecule has 0 radical (unpaired) electrons. The molecule has 0 saturated heterocycles. The average Bonchev–Trinajstić information content (AvgIpc) is 2.67. The Labute approximate surface area is 139 Å². The second-order valence-corrected chi connectivity index (χ2v) is 7.43. The van der Waals surface area contributed by atoms with E-state index in [4.69, 9.17) is 17.3 Å². The van der Waals surface area contributed by atoms with Gasteiger partial charge in [0.1, 0.15) is 4.34 Å². The fourth-order valence-electron chi connectivity index (χ4n) is 1.72. The molecule has 0 amide bonds. The number of nitrogens with two attached hydrogens (primary N) is 1. The predicted molar refractivity (Wildman–Crippen MR) is 82.2 cm³/mol. The number of benzene rings is 1. The first-order valence-electron chi connectivity index (χ1n) is 5.27. The minimum absolute atomic E-state index is 0.0196.